The maximum Gasteiger partial charge on any atom is 0.388 e. The number of methoxy groups -OCH3 is 2. The zero-order chi connectivity index (χ0) is 73.6. The second kappa shape index (κ2) is 35.9. The minimum Gasteiger partial charge on any atom is -0.778 e. The van der Waals surface area contributed by atoms with Gasteiger partial charge in [-0.05, 0) is 46.6 Å². The van der Waals surface area contributed by atoms with Gasteiger partial charge in [-0.15, -0.1) is 6.42 Å². The van der Waals surface area contributed by atoms with Crippen LogP contribution in [0.25, 0.3) is 0 Å². The summed E-state index contributed by atoms with van der Waals surface area (Å²) in [6.45, 7) is -2.24. The number of sulfonamides is 2. The van der Waals surface area contributed by atoms with Crippen molar-refractivity contribution in [2.45, 2.75) is 50.0 Å². The second-order valence-electron chi connectivity index (χ2n) is 20.4. The summed E-state index contributed by atoms with van der Waals surface area (Å²) in [5.41, 5.74) is -0.154. The summed E-state index contributed by atoms with van der Waals surface area (Å²) in [5.74, 6) is -3.37. The molecule has 8 rings (SSSR count). The van der Waals surface area contributed by atoms with Crippen LogP contribution in [0.1, 0.15) is 40.4 Å². The number of anilines is 3. The van der Waals surface area contributed by atoms with E-state index in [1.807, 2.05) is 9.88 Å². The number of carbonyl (C=O) groups is 6. The van der Waals surface area contributed by atoms with E-state index in [0.717, 1.165) is 30.9 Å². The first kappa shape index (κ1) is 80.5. The maximum atomic E-state index is 14.5. The van der Waals surface area contributed by atoms with E-state index in [9.17, 15) is 77.0 Å². The highest BCUT2D eigenvalue weighted by molar-refractivity contribution is 7.94. The Morgan fingerprint density at radius 2 is 1.40 bits per heavy atom. The lowest BCUT2D eigenvalue weighted by atomic mass is 9.92. The van der Waals surface area contributed by atoms with Crippen molar-refractivity contribution in [1.29, 1.82) is 0 Å². The van der Waals surface area contributed by atoms with E-state index >= 15 is 0 Å². The van der Waals surface area contributed by atoms with E-state index in [-0.39, 0.29) is 53.4 Å². The highest BCUT2D eigenvalue weighted by Gasteiger charge is 2.33. The largest absolute Gasteiger partial charge is 0.778 e. The number of carboxylic acids is 2. The molecule has 0 radical (unpaired) electrons. The number of benzene rings is 2. The fourth-order valence-corrected chi connectivity index (χ4v) is 10.8. The van der Waals surface area contributed by atoms with Gasteiger partial charge in [-0.3, -0.25) is 35.2 Å². The lowest BCUT2D eigenvalue weighted by Gasteiger charge is -2.28. The zero-order valence-electron chi connectivity index (χ0n) is 52.5. The van der Waals surface area contributed by atoms with Gasteiger partial charge >= 0.3 is 37.2 Å². The summed E-state index contributed by atoms with van der Waals surface area (Å²) in [7, 11) is -7.27. The third-order valence-corrected chi connectivity index (χ3v) is 15.3. The van der Waals surface area contributed by atoms with Gasteiger partial charge in [0.15, 0.2) is 17.5 Å². The molecule has 0 aliphatic carbocycles. The molecule has 0 saturated heterocycles. The van der Waals surface area contributed by atoms with Crippen molar-refractivity contribution < 1.29 is 116 Å². The van der Waals surface area contributed by atoms with Gasteiger partial charge in [-0.2, -0.15) is 50.3 Å². The smallest absolute Gasteiger partial charge is 0.388 e. The van der Waals surface area contributed by atoms with E-state index in [1.165, 1.54) is 103 Å². The second-order valence-corrected chi connectivity index (χ2v) is 28.4. The molecule has 0 saturated carbocycles. The SMILES string of the molecule is C#CCN1C(=O)COc2cc(F)c(N=c3snc4n3CC(C)(C)C4)cc21.COc1cc(OC)nc(NC(=O)NS(=O)(=O)c2ncccc2C(=O)N(C)C)n1.C[S+](C)C.O=C(Nc1nc(OC(F)F)cc(OC(F)F)n1)NS(=O)(=O)c1ccccc1C(=O)O.O=C(O)CNCP(=O)([O-])O. The summed E-state index contributed by atoms with van der Waals surface area (Å²) < 4.78 is 156. The zero-order valence-corrected chi connectivity index (χ0v) is 56.7. The van der Waals surface area contributed by atoms with Crippen LogP contribution in [-0.2, 0) is 58.1 Å². The Balaban J connectivity index is 0.000000284. The fraction of sp³-hybridized carbons (Fsp3) is 0.340. The molecule has 6 amide bonds. The number of rotatable bonds is 20. The van der Waals surface area contributed by atoms with E-state index in [4.69, 9.17) is 35.7 Å². The Hall–Kier alpha value is -9.90. The van der Waals surface area contributed by atoms with Crippen LogP contribution in [0.2, 0.25) is 0 Å². The third kappa shape index (κ3) is 25.6. The summed E-state index contributed by atoms with van der Waals surface area (Å²) in [6.07, 6.45) is 13.3. The Labute approximate surface area is 561 Å². The number of carbonyl (C=O) groups excluding carboxylic acids is 4. The van der Waals surface area contributed by atoms with Gasteiger partial charge < -0.3 is 57.7 Å². The van der Waals surface area contributed by atoms with Crippen LogP contribution in [0.15, 0.2) is 81.8 Å². The van der Waals surface area contributed by atoms with Crippen LogP contribution in [-0.4, -0.2) is 193 Å². The van der Waals surface area contributed by atoms with E-state index in [1.54, 1.807) is 10.0 Å². The number of nitrogens with one attached hydrogen (secondary N) is 5. The van der Waals surface area contributed by atoms with Crippen molar-refractivity contribution in [2.24, 2.45) is 10.4 Å². The van der Waals surface area contributed by atoms with E-state index in [0.29, 0.717) is 33.2 Å². The van der Waals surface area contributed by atoms with Crippen molar-refractivity contribution in [3.8, 4) is 41.6 Å². The number of hydrogen-bond donors (Lipinski definition) is 8. The number of pyridine rings is 1. The fourth-order valence-electron chi connectivity index (χ4n) is 7.47. The number of aliphatic carboxylic acids is 1. The average molecular weight is 1480 g/mol. The first-order valence-electron chi connectivity index (χ1n) is 26.9. The Kier molecular flexibility index (Phi) is 29.5. The average Bonchev–Trinajstić information content (AvgIpc) is 1.45. The molecule has 2 aromatic carbocycles. The Bertz CT molecular complexity index is 4230. The van der Waals surface area contributed by atoms with Gasteiger partial charge in [0.05, 0.1) is 81.3 Å². The van der Waals surface area contributed by atoms with Gasteiger partial charge in [0.1, 0.15) is 29.8 Å². The molecule has 2 aliphatic rings. The minimum atomic E-state index is -4.71. The van der Waals surface area contributed by atoms with E-state index in [2.05, 4.69) is 87.6 Å². The first-order valence-corrected chi connectivity index (χ1v) is 34.8. The summed E-state index contributed by atoms with van der Waals surface area (Å²) in [4.78, 5) is 112. The molecule has 2 aliphatic heterocycles. The van der Waals surface area contributed by atoms with Crippen LogP contribution >= 0.6 is 19.1 Å². The molecule has 6 aromatic rings. The number of urea groups is 2. The topological polar surface area (TPSA) is 479 Å². The quantitative estimate of drug-likeness (QED) is 0.0236. The van der Waals surface area contributed by atoms with Crippen molar-refractivity contribution in [3.63, 3.8) is 0 Å². The number of aromatic carboxylic acids is 1. The Morgan fingerprint density at radius 3 is 1.91 bits per heavy atom. The molecule has 0 bridgehead atoms. The maximum absolute atomic E-state index is 14.5. The molecule has 532 valence electrons. The highest BCUT2D eigenvalue weighted by atomic mass is 32.2. The number of amides is 6. The Morgan fingerprint density at radius 1 is 0.867 bits per heavy atom. The molecule has 1 unspecified atom stereocenters. The monoisotopic (exact) mass is 1480 g/mol. The number of fused-ring (bicyclic) bond motifs is 2. The minimum absolute atomic E-state index is 0.0913. The lowest BCUT2D eigenvalue weighted by molar-refractivity contribution is -0.193. The molecule has 4 aromatic heterocycles. The summed E-state index contributed by atoms with van der Waals surface area (Å²) >= 11 is 1.24. The number of alkyl halides is 4. The van der Waals surface area contributed by atoms with Crippen molar-refractivity contribution in [2.75, 3.05) is 88.6 Å². The number of aromatic nitrogens is 7. The van der Waals surface area contributed by atoms with Crippen LogP contribution in [0.5, 0.6) is 29.3 Å². The van der Waals surface area contributed by atoms with Crippen molar-refractivity contribution in [3.05, 3.63) is 94.4 Å². The highest BCUT2D eigenvalue weighted by Crippen LogP contribution is 2.38. The molecule has 98 heavy (non-hydrogen) atoms. The molecular weight excluding hydrogens is 1420 g/mol. The van der Waals surface area contributed by atoms with Gasteiger partial charge in [-0.1, -0.05) is 31.9 Å². The van der Waals surface area contributed by atoms with Crippen LogP contribution in [0.4, 0.5) is 54.8 Å². The normalized spacial score (nSPS) is 13.4. The standard InChI is InChI=1S/C18H17FN4O2S.C15H18N6O6S.C14H10F4N4O7S.C3H8NO5P.C3H9S/c1-4-5-22-13-7-12(11(19)6-14(13)25-9-16(22)24)20-17-23-10-18(2,3)8-15(23)21-26-17;1-21(2)13(22)9-6-5-7-16-12(9)28(24,25)20-15(23)19-14-17-10(26-3)8-11(18-14)27-4;15-11(16)28-8-5-9(29-12(17)18)20-13(19-8)21-14(25)22-30(26,27)7-4-2-1-3-6(7)10(23)24;5-3(6)1-4-2-10(7,8)9;1-4(2)3/h1,6-7H,5,8-10H2,2-3H3;5-8H,1-4H3,(H2,17,18,19,20,23);1-5,11-12H,(H,23,24)(H2,19,20,21,22,25);4H,1-2H2,(H,5,6)(H2,7,8,9);1-3H3/q;;;;+1/p-1. The lowest BCUT2D eigenvalue weighted by Crippen LogP contribution is -2.39. The number of nitrogens with zero attached hydrogens (tertiary/aromatic N) is 10. The molecule has 35 nitrogen and oxygen atoms in total. The van der Waals surface area contributed by atoms with Crippen molar-refractivity contribution >= 4 is 109 Å². The molecule has 0 spiro atoms. The molecule has 6 heterocycles. The number of halogens is 5. The first-order chi connectivity index (χ1) is 45.7. The summed E-state index contributed by atoms with van der Waals surface area (Å²) in [5, 5.41) is 22.3. The number of carboxylic acid groups (broad SMARTS) is 2. The predicted molar refractivity (Wildman–Crippen MR) is 336 cm³/mol. The van der Waals surface area contributed by atoms with Crippen LogP contribution < -0.4 is 63.7 Å². The third-order valence-electron chi connectivity index (χ3n) is 11.2. The van der Waals surface area contributed by atoms with Gasteiger partial charge in [0, 0.05) is 50.9 Å². The number of hydrogen-bond acceptors (Lipinski definition) is 26. The molecule has 0 fully saturated rings. The molecular formula is C53H61F5N15O20PS4. The van der Waals surface area contributed by atoms with Crippen molar-refractivity contribution in [1.82, 2.24) is 53.5 Å². The van der Waals surface area contributed by atoms with Gasteiger partial charge in [-0.25, -0.2) is 46.6 Å². The van der Waals surface area contributed by atoms with Gasteiger partial charge in [0.25, 0.3) is 31.9 Å². The molecule has 1 atom stereocenters. The number of terminal acetylenes is 1. The molecule has 8 N–H and O–H groups in total. The van der Waals surface area contributed by atoms with Crippen LogP contribution in [0.3, 0.4) is 0 Å². The molecule has 45 heteroatoms. The summed E-state index contributed by atoms with van der Waals surface area (Å²) in [6, 6.07) is 8.88. The van der Waals surface area contributed by atoms with Crippen LogP contribution in [0, 0.1) is 23.6 Å². The van der Waals surface area contributed by atoms with Gasteiger partial charge in [0.2, 0.25) is 40.2 Å². The number of ether oxygens (including phenoxy) is 5. The predicted octanol–water partition coefficient (Wildman–Crippen LogP) is 2.90. The van der Waals surface area contributed by atoms with E-state index < -0.39 is 123 Å².